The van der Waals surface area contributed by atoms with E-state index in [1.807, 2.05) is 0 Å². The van der Waals surface area contributed by atoms with Crippen molar-refractivity contribution >= 4 is 8.53 Å². The van der Waals surface area contributed by atoms with Gasteiger partial charge >= 0.3 is 0 Å². The molecule has 5 N–H and O–H groups in total. The van der Waals surface area contributed by atoms with Crippen LogP contribution in [0.15, 0.2) is 11.6 Å². The van der Waals surface area contributed by atoms with Gasteiger partial charge in [0.15, 0.2) is 0 Å². The number of allylic oxidation sites excluding steroid dienone is 1. The quantitative estimate of drug-likeness (QED) is 0.273. The molecule has 0 amide bonds. The fourth-order valence-corrected chi connectivity index (χ4v) is 8.67. The molecule has 8 atom stereocenters. The van der Waals surface area contributed by atoms with E-state index in [0.29, 0.717) is 10.8 Å². The van der Waals surface area contributed by atoms with Gasteiger partial charge in [-0.2, -0.15) is 0 Å². The summed E-state index contributed by atoms with van der Waals surface area (Å²) in [6.45, 7) is 12.6. The lowest BCUT2D eigenvalue weighted by Crippen LogP contribution is -2.50. The highest BCUT2D eigenvalue weighted by Gasteiger charge is 2.59. The third-order valence-corrected chi connectivity index (χ3v) is 10.3. The maximum atomic E-state index is 10.2. The minimum Gasteiger partial charge on any atom is -0.393 e. The van der Waals surface area contributed by atoms with Crippen molar-refractivity contribution in [3.8, 4) is 0 Å². The molecule has 4 aliphatic carbocycles. The van der Waals surface area contributed by atoms with E-state index >= 15 is 0 Å². The highest BCUT2D eigenvalue weighted by Crippen LogP contribution is 2.67. The molecule has 0 aromatic rings. The standard InChI is InChI=1S/C27H46O.H4NO2P/c1-18(2)7-6-8-19(3)23-11-12-24-22-10-9-20-17-21(28)13-15-26(20,4)25(22)14-16-27(23,24)5;1-4(2)3/h9,18-19,21-25,28H,6-8,10-17H2,1-5H3;2-3H,1H2/t19?,21-,22-,23+,24-,25-,26-,27+;/m0./s1. The third kappa shape index (κ3) is 5.46. The van der Waals surface area contributed by atoms with Gasteiger partial charge in [-0.3, -0.25) is 5.50 Å². The van der Waals surface area contributed by atoms with Gasteiger partial charge in [-0.15, -0.1) is 0 Å². The Morgan fingerprint density at radius 2 is 1.72 bits per heavy atom. The molecule has 4 rings (SSSR count). The zero-order chi connectivity index (χ0) is 23.7. The van der Waals surface area contributed by atoms with Gasteiger partial charge in [0.1, 0.15) is 0 Å². The molecule has 186 valence electrons. The lowest BCUT2D eigenvalue weighted by Gasteiger charge is -2.58. The molecule has 32 heavy (non-hydrogen) atoms. The third-order valence-electron chi connectivity index (χ3n) is 10.3. The van der Waals surface area contributed by atoms with E-state index in [4.69, 9.17) is 9.79 Å². The number of rotatable bonds is 5. The smallest absolute Gasteiger partial charge is 0.247 e. The largest absolute Gasteiger partial charge is 0.393 e. The van der Waals surface area contributed by atoms with Gasteiger partial charge in [0, 0.05) is 0 Å². The Morgan fingerprint density at radius 1 is 1.03 bits per heavy atom. The Bertz CT molecular complexity index is 650. The fourth-order valence-electron chi connectivity index (χ4n) is 8.67. The van der Waals surface area contributed by atoms with Crippen LogP contribution in [0.4, 0.5) is 0 Å². The van der Waals surface area contributed by atoms with Gasteiger partial charge in [0.05, 0.1) is 6.10 Å². The lowest BCUT2D eigenvalue weighted by atomic mass is 9.47. The van der Waals surface area contributed by atoms with Crippen molar-refractivity contribution in [3.05, 3.63) is 11.6 Å². The van der Waals surface area contributed by atoms with Crippen molar-refractivity contribution in [1.82, 2.24) is 0 Å². The molecule has 0 spiro atoms. The molecular weight excluding hydrogens is 417 g/mol. The Morgan fingerprint density at radius 3 is 2.38 bits per heavy atom. The van der Waals surface area contributed by atoms with Crippen LogP contribution in [-0.2, 0) is 0 Å². The van der Waals surface area contributed by atoms with E-state index in [-0.39, 0.29) is 6.10 Å². The molecule has 0 saturated heterocycles. The first-order chi connectivity index (χ1) is 15.0. The molecule has 0 aromatic heterocycles. The van der Waals surface area contributed by atoms with E-state index in [0.717, 1.165) is 48.3 Å². The summed E-state index contributed by atoms with van der Waals surface area (Å²) in [4.78, 5) is 14.9. The SMILES string of the molecule is CC(C)CCCC(C)[C@H]1CC[C@H]2[C@@H]3CC=C4C[C@@H](O)CC[C@]4(C)[C@H]3CC[C@]12C.NP(O)O. The second-order valence-electron chi connectivity index (χ2n) is 12.5. The van der Waals surface area contributed by atoms with Crippen molar-refractivity contribution < 1.29 is 14.9 Å². The topological polar surface area (TPSA) is 86.7 Å². The monoisotopic (exact) mass is 467 g/mol. The molecule has 0 aliphatic heterocycles. The summed E-state index contributed by atoms with van der Waals surface area (Å²) in [6, 6.07) is 0. The number of aliphatic hydroxyl groups is 1. The van der Waals surface area contributed by atoms with Crippen LogP contribution in [0.25, 0.3) is 0 Å². The minimum absolute atomic E-state index is 0.0766. The predicted octanol–water partition coefficient (Wildman–Crippen LogP) is 6.55. The maximum Gasteiger partial charge on any atom is 0.247 e. The second kappa shape index (κ2) is 10.7. The normalized spacial score (nSPS) is 41.8. The zero-order valence-corrected chi connectivity index (χ0v) is 22.2. The summed E-state index contributed by atoms with van der Waals surface area (Å²) in [6.07, 6.45) is 17.2. The molecule has 4 nitrogen and oxygen atoms in total. The van der Waals surface area contributed by atoms with Crippen molar-refractivity contribution in [2.75, 3.05) is 0 Å². The van der Waals surface area contributed by atoms with E-state index in [9.17, 15) is 5.11 Å². The van der Waals surface area contributed by atoms with Gasteiger partial charge in [0.2, 0.25) is 8.53 Å². The van der Waals surface area contributed by atoms with Crippen LogP contribution >= 0.6 is 8.53 Å². The van der Waals surface area contributed by atoms with Gasteiger partial charge in [-0.05, 0) is 97.7 Å². The fraction of sp³-hybridized carbons (Fsp3) is 0.926. The summed E-state index contributed by atoms with van der Waals surface area (Å²) in [7, 11) is -2.12. The highest BCUT2D eigenvalue weighted by atomic mass is 31.2. The summed E-state index contributed by atoms with van der Waals surface area (Å²) < 4.78 is 0. The first kappa shape index (κ1) is 26.6. The molecule has 4 aliphatic rings. The molecule has 5 heteroatoms. The van der Waals surface area contributed by atoms with E-state index in [1.165, 1.54) is 57.8 Å². The Hall–Kier alpha value is 0.0100. The average Bonchev–Trinajstić information content (AvgIpc) is 3.05. The number of nitrogens with two attached hydrogens (primary N) is 1. The first-order valence-electron chi connectivity index (χ1n) is 13.3. The summed E-state index contributed by atoms with van der Waals surface area (Å²) in [5.74, 6) is 5.46. The number of fused-ring (bicyclic) bond motifs is 5. The molecule has 0 aromatic carbocycles. The summed E-state index contributed by atoms with van der Waals surface area (Å²) in [5.41, 5.74) is 6.89. The van der Waals surface area contributed by atoms with Gasteiger partial charge in [0.25, 0.3) is 0 Å². The average molecular weight is 468 g/mol. The van der Waals surface area contributed by atoms with Crippen LogP contribution < -0.4 is 5.50 Å². The predicted molar refractivity (Wildman–Crippen MR) is 135 cm³/mol. The lowest BCUT2D eigenvalue weighted by molar-refractivity contribution is -0.0573. The maximum absolute atomic E-state index is 10.2. The first-order valence-corrected chi connectivity index (χ1v) is 14.6. The van der Waals surface area contributed by atoms with Crippen LogP contribution in [0.5, 0.6) is 0 Å². The van der Waals surface area contributed by atoms with Crippen LogP contribution in [0.1, 0.15) is 105 Å². The summed E-state index contributed by atoms with van der Waals surface area (Å²) >= 11 is 0. The molecule has 3 saturated carbocycles. The van der Waals surface area contributed by atoms with Crippen molar-refractivity contribution in [1.29, 1.82) is 0 Å². The molecule has 3 fully saturated rings. The minimum atomic E-state index is -2.12. The highest BCUT2D eigenvalue weighted by molar-refractivity contribution is 7.42. The molecule has 0 radical (unpaired) electrons. The van der Waals surface area contributed by atoms with Gasteiger partial charge in [-0.25, -0.2) is 0 Å². The Kier molecular flexibility index (Phi) is 8.93. The van der Waals surface area contributed by atoms with Crippen LogP contribution in [0.2, 0.25) is 0 Å². The second-order valence-corrected chi connectivity index (χ2v) is 13.1. The van der Waals surface area contributed by atoms with E-state index < -0.39 is 8.53 Å². The Labute approximate surface area is 198 Å². The summed E-state index contributed by atoms with van der Waals surface area (Å²) in [5, 5.41) is 10.2. The zero-order valence-electron chi connectivity index (χ0n) is 21.3. The number of hydrogen-bond acceptors (Lipinski definition) is 4. The molecule has 0 heterocycles. The van der Waals surface area contributed by atoms with Gasteiger partial charge < -0.3 is 14.9 Å². The van der Waals surface area contributed by atoms with Crippen LogP contribution in [-0.4, -0.2) is 21.0 Å². The van der Waals surface area contributed by atoms with Crippen LogP contribution in [0, 0.1) is 46.3 Å². The number of aliphatic hydroxyl groups excluding tert-OH is 1. The molecule has 1 unspecified atom stereocenters. The van der Waals surface area contributed by atoms with Crippen molar-refractivity contribution in [2.45, 2.75) is 111 Å². The number of hydrogen-bond donors (Lipinski definition) is 4. The van der Waals surface area contributed by atoms with E-state index in [1.54, 1.807) is 5.57 Å². The Balaban J connectivity index is 0.000000668. The van der Waals surface area contributed by atoms with Crippen molar-refractivity contribution in [3.63, 3.8) is 0 Å². The van der Waals surface area contributed by atoms with Gasteiger partial charge in [-0.1, -0.05) is 65.5 Å². The molecular formula is C27H50NO3P. The van der Waals surface area contributed by atoms with Crippen LogP contribution in [0.3, 0.4) is 0 Å². The van der Waals surface area contributed by atoms with E-state index in [2.05, 4.69) is 46.2 Å². The molecule has 0 bridgehead atoms. The van der Waals surface area contributed by atoms with Crippen molar-refractivity contribution in [2.24, 2.45) is 51.8 Å².